The molecule has 0 aliphatic carbocycles. The van der Waals surface area contributed by atoms with E-state index in [1.54, 1.807) is 0 Å². The van der Waals surface area contributed by atoms with Crippen LogP contribution in [0.25, 0.3) is 0 Å². The Morgan fingerprint density at radius 1 is 1.06 bits per heavy atom. The molecule has 96 valence electrons. The number of aliphatic imine (C=N–C) groups is 2. The van der Waals surface area contributed by atoms with Gasteiger partial charge in [-0.15, -0.1) is 0 Å². The first kappa shape index (κ1) is 12.4. The molecule has 0 bridgehead atoms. The minimum absolute atomic E-state index is 0.425. The zero-order chi connectivity index (χ0) is 12.1. The monoisotopic (exact) mass is 238 g/mol. The summed E-state index contributed by atoms with van der Waals surface area (Å²) in [4.78, 5) is 8.79. The molecule has 0 spiro atoms. The molecule has 0 radical (unpaired) electrons. The molecule has 2 aliphatic heterocycles. The Bertz CT molecular complexity index is 313. The van der Waals surface area contributed by atoms with E-state index in [-0.39, 0.29) is 0 Å². The third-order valence-corrected chi connectivity index (χ3v) is 3.43. The van der Waals surface area contributed by atoms with E-state index in [0.29, 0.717) is 11.8 Å². The lowest BCUT2D eigenvalue weighted by atomic mass is 9.94. The van der Waals surface area contributed by atoms with E-state index >= 15 is 0 Å². The molecule has 0 aromatic carbocycles. The first-order valence-corrected chi connectivity index (χ1v) is 6.65. The summed E-state index contributed by atoms with van der Waals surface area (Å²) >= 11 is 0. The molecule has 2 rings (SSSR count). The van der Waals surface area contributed by atoms with Gasteiger partial charge in [-0.25, -0.2) is 0 Å². The van der Waals surface area contributed by atoms with Gasteiger partial charge in [-0.2, -0.15) is 0 Å². The van der Waals surface area contributed by atoms with E-state index in [2.05, 4.69) is 23.8 Å². The minimum atomic E-state index is 0.425. The Labute approximate surface area is 103 Å². The van der Waals surface area contributed by atoms with Crippen LogP contribution in [0.3, 0.4) is 0 Å². The molecule has 0 saturated heterocycles. The maximum atomic E-state index is 5.55. The molecular weight excluding hydrogens is 216 g/mol. The number of ether oxygens (including phenoxy) is 2. The van der Waals surface area contributed by atoms with Crippen LogP contribution in [0.2, 0.25) is 0 Å². The predicted molar refractivity (Wildman–Crippen MR) is 68.7 cm³/mol. The smallest absolute Gasteiger partial charge is 0.186 e. The number of hydrogen-bond donors (Lipinski definition) is 0. The van der Waals surface area contributed by atoms with Crippen molar-refractivity contribution < 1.29 is 9.47 Å². The van der Waals surface area contributed by atoms with Crippen molar-refractivity contribution in [2.45, 2.75) is 33.1 Å². The highest BCUT2D eigenvalue weighted by Gasteiger charge is 2.22. The molecule has 4 nitrogen and oxygen atoms in total. The van der Waals surface area contributed by atoms with Crippen LogP contribution in [0.1, 0.15) is 33.1 Å². The molecule has 2 aliphatic rings. The second kappa shape index (κ2) is 6.03. The van der Waals surface area contributed by atoms with Gasteiger partial charge in [0.2, 0.25) is 0 Å². The summed E-state index contributed by atoms with van der Waals surface area (Å²) in [5.74, 6) is 2.80. The third kappa shape index (κ3) is 3.20. The number of nitrogens with zero attached hydrogens (tertiary/aromatic N) is 2. The molecule has 2 heterocycles. The maximum Gasteiger partial charge on any atom is 0.186 e. The highest BCUT2D eigenvalue weighted by atomic mass is 16.5. The van der Waals surface area contributed by atoms with Gasteiger partial charge in [0, 0.05) is 11.8 Å². The molecule has 0 aromatic heterocycles. The minimum Gasteiger partial charge on any atom is -0.479 e. The van der Waals surface area contributed by atoms with Crippen molar-refractivity contribution in [1.82, 2.24) is 0 Å². The van der Waals surface area contributed by atoms with Gasteiger partial charge in [0.15, 0.2) is 11.8 Å². The standard InChI is InChI=1S/C13H22N2O2/c1-3-11(13-15-7-9-17-13)5-4-10(2)12-14-6-8-16-12/h10-11H,3-9H2,1-2H3. The molecule has 0 aromatic rings. The quantitative estimate of drug-likeness (QED) is 0.712. The predicted octanol–water partition coefficient (Wildman–Crippen LogP) is 2.29. The van der Waals surface area contributed by atoms with Crippen molar-refractivity contribution >= 4 is 11.8 Å². The Morgan fingerprint density at radius 3 is 2.24 bits per heavy atom. The topological polar surface area (TPSA) is 43.2 Å². The first-order chi connectivity index (χ1) is 8.31. The first-order valence-electron chi connectivity index (χ1n) is 6.65. The molecule has 0 saturated carbocycles. The largest absolute Gasteiger partial charge is 0.479 e. The van der Waals surface area contributed by atoms with E-state index in [9.17, 15) is 0 Å². The van der Waals surface area contributed by atoms with Crippen LogP contribution in [-0.4, -0.2) is 38.1 Å². The van der Waals surface area contributed by atoms with Crippen LogP contribution in [0.5, 0.6) is 0 Å². The maximum absolute atomic E-state index is 5.55. The Balaban J connectivity index is 1.79. The molecular formula is C13H22N2O2. The zero-order valence-corrected chi connectivity index (χ0v) is 10.8. The van der Waals surface area contributed by atoms with Crippen molar-refractivity contribution in [3.05, 3.63) is 0 Å². The van der Waals surface area contributed by atoms with E-state index in [4.69, 9.17) is 9.47 Å². The van der Waals surface area contributed by atoms with Gasteiger partial charge >= 0.3 is 0 Å². The zero-order valence-electron chi connectivity index (χ0n) is 10.8. The summed E-state index contributed by atoms with van der Waals surface area (Å²) in [6.45, 7) is 7.56. The van der Waals surface area contributed by atoms with Crippen molar-refractivity contribution in [1.29, 1.82) is 0 Å². The van der Waals surface area contributed by atoms with Gasteiger partial charge in [0.25, 0.3) is 0 Å². The second-order valence-corrected chi connectivity index (χ2v) is 4.72. The molecule has 0 N–H and O–H groups in total. The van der Waals surface area contributed by atoms with Gasteiger partial charge < -0.3 is 9.47 Å². The Morgan fingerprint density at radius 2 is 1.71 bits per heavy atom. The number of rotatable bonds is 6. The average molecular weight is 238 g/mol. The highest BCUT2D eigenvalue weighted by molar-refractivity contribution is 5.81. The van der Waals surface area contributed by atoms with E-state index < -0.39 is 0 Å². The average Bonchev–Trinajstić information content (AvgIpc) is 3.02. The SMILES string of the molecule is CCC(CCC(C)C1=NCCO1)C1=NCCO1. The highest BCUT2D eigenvalue weighted by Crippen LogP contribution is 2.21. The fourth-order valence-corrected chi connectivity index (χ4v) is 2.33. The fraction of sp³-hybridized carbons (Fsp3) is 0.846. The third-order valence-electron chi connectivity index (χ3n) is 3.43. The van der Waals surface area contributed by atoms with Gasteiger partial charge in [-0.1, -0.05) is 13.8 Å². The molecule has 17 heavy (non-hydrogen) atoms. The lowest BCUT2D eigenvalue weighted by Crippen LogP contribution is -2.18. The lowest BCUT2D eigenvalue weighted by Gasteiger charge is -2.17. The van der Waals surface area contributed by atoms with Crippen molar-refractivity contribution in [2.75, 3.05) is 26.3 Å². The van der Waals surface area contributed by atoms with Crippen LogP contribution in [0, 0.1) is 11.8 Å². The van der Waals surface area contributed by atoms with Gasteiger partial charge in [-0.3, -0.25) is 9.98 Å². The Kier molecular flexibility index (Phi) is 4.40. The normalized spacial score (nSPS) is 22.5. The molecule has 0 amide bonds. The van der Waals surface area contributed by atoms with Crippen molar-refractivity contribution in [2.24, 2.45) is 21.8 Å². The van der Waals surface area contributed by atoms with Crippen molar-refractivity contribution in [3.63, 3.8) is 0 Å². The Hall–Kier alpha value is -1.06. The summed E-state index contributed by atoms with van der Waals surface area (Å²) in [6, 6.07) is 0. The molecule has 2 unspecified atom stereocenters. The van der Waals surface area contributed by atoms with E-state index in [0.717, 1.165) is 57.4 Å². The van der Waals surface area contributed by atoms with E-state index in [1.807, 2.05) is 0 Å². The summed E-state index contributed by atoms with van der Waals surface area (Å²) in [5, 5.41) is 0. The van der Waals surface area contributed by atoms with Crippen LogP contribution >= 0.6 is 0 Å². The molecule has 2 atom stereocenters. The second-order valence-electron chi connectivity index (χ2n) is 4.72. The summed E-state index contributed by atoms with van der Waals surface area (Å²) in [6.07, 6.45) is 3.30. The van der Waals surface area contributed by atoms with Crippen LogP contribution in [0.4, 0.5) is 0 Å². The van der Waals surface area contributed by atoms with Crippen LogP contribution in [-0.2, 0) is 9.47 Å². The summed E-state index contributed by atoms with van der Waals surface area (Å²) < 4.78 is 11.0. The number of hydrogen-bond acceptors (Lipinski definition) is 4. The fourth-order valence-electron chi connectivity index (χ4n) is 2.33. The summed E-state index contributed by atoms with van der Waals surface area (Å²) in [7, 11) is 0. The van der Waals surface area contributed by atoms with Gasteiger partial charge in [0.1, 0.15) is 13.2 Å². The van der Waals surface area contributed by atoms with Crippen LogP contribution < -0.4 is 0 Å². The van der Waals surface area contributed by atoms with Crippen molar-refractivity contribution in [3.8, 4) is 0 Å². The molecule has 0 fully saturated rings. The lowest BCUT2D eigenvalue weighted by molar-refractivity contribution is 0.303. The van der Waals surface area contributed by atoms with E-state index in [1.165, 1.54) is 0 Å². The van der Waals surface area contributed by atoms with Crippen LogP contribution in [0.15, 0.2) is 9.98 Å². The summed E-state index contributed by atoms with van der Waals surface area (Å²) in [5.41, 5.74) is 0. The van der Waals surface area contributed by atoms with Gasteiger partial charge in [-0.05, 0) is 19.3 Å². The molecule has 4 heteroatoms. The van der Waals surface area contributed by atoms with Gasteiger partial charge in [0.05, 0.1) is 13.1 Å².